The number of phenols is 3. The van der Waals surface area contributed by atoms with Gasteiger partial charge in [0.1, 0.15) is 17.2 Å². The summed E-state index contributed by atoms with van der Waals surface area (Å²) in [6.07, 6.45) is 3.07. The number of carbonyl (C=O) groups is 3. The van der Waals surface area contributed by atoms with Gasteiger partial charge in [0.25, 0.3) is 0 Å². The molecule has 9 atom stereocenters. The first-order valence-electron chi connectivity index (χ1n) is 31.2. The van der Waals surface area contributed by atoms with Crippen molar-refractivity contribution in [1.29, 1.82) is 0 Å². The molecular formula is C72H99N3O15. The number of rotatable bonds is 39. The highest BCUT2D eigenvalue weighted by Crippen LogP contribution is 2.16. The predicted molar refractivity (Wildman–Crippen MR) is 349 cm³/mol. The summed E-state index contributed by atoms with van der Waals surface area (Å²) < 4.78 is 33.8. The van der Waals surface area contributed by atoms with Crippen molar-refractivity contribution in [2.45, 2.75) is 154 Å². The lowest BCUT2D eigenvalue weighted by molar-refractivity contribution is -0.123. The number of carbonyl (C=O) groups excluding carboxylic acids is 3. The summed E-state index contributed by atoms with van der Waals surface area (Å²) in [6, 6.07) is 50.0. The lowest BCUT2D eigenvalue weighted by Crippen LogP contribution is -2.40. The van der Waals surface area contributed by atoms with Crippen LogP contribution in [0.3, 0.4) is 0 Å². The number of hydrogen-bond acceptors (Lipinski definition) is 15. The highest BCUT2D eigenvalue weighted by molar-refractivity contribution is 5.77. The molecule has 18 heteroatoms. The van der Waals surface area contributed by atoms with Crippen molar-refractivity contribution in [3.8, 4) is 17.2 Å². The zero-order valence-electron chi connectivity index (χ0n) is 53.4. The lowest BCUT2D eigenvalue weighted by Gasteiger charge is -2.21. The van der Waals surface area contributed by atoms with Crippen LogP contribution in [0, 0.1) is 0 Å². The number of nitrogens with one attached hydrogen (secondary N) is 3. The second-order valence-electron chi connectivity index (χ2n) is 23.0. The molecule has 6 aromatic carbocycles. The molecule has 0 bridgehead atoms. The van der Waals surface area contributed by atoms with Gasteiger partial charge in [-0.15, -0.1) is 0 Å². The quantitative estimate of drug-likeness (QED) is 0.0175. The first-order chi connectivity index (χ1) is 43.3. The van der Waals surface area contributed by atoms with Crippen molar-refractivity contribution < 1.29 is 73.4 Å². The average molecular weight is 1250 g/mol. The fraction of sp³-hybridized carbons (Fsp3) is 0.458. The Kier molecular flexibility index (Phi) is 37.0. The fourth-order valence-electron chi connectivity index (χ4n) is 9.00. The maximum Gasteiger partial charge on any atom is 0.220 e. The first-order valence-corrected chi connectivity index (χ1v) is 31.2. The number of aromatic hydroxyl groups is 3. The smallest absolute Gasteiger partial charge is 0.220 e. The molecule has 6 aromatic rings. The standard InChI is InChI=1S/3C24H33NO5/c3*1-18(26)15-30-19(2)16-29-17-22(14-21-8-11-23(27)12-9-21)25-24(28)13-10-20-6-4-3-5-7-20/h3*3-9,11-12,18-19,22,26-27H,10,13-17H2,1-2H3,(H,25,28)/t2*18-,19-,22?;/m10./s1. The molecule has 6 rings (SSSR count). The van der Waals surface area contributed by atoms with E-state index in [0.29, 0.717) is 97.4 Å². The Morgan fingerprint density at radius 3 is 0.778 bits per heavy atom. The van der Waals surface area contributed by atoms with Gasteiger partial charge in [-0.1, -0.05) is 127 Å². The fourth-order valence-corrected chi connectivity index (χ4v) is 9.00. The summed E-state index contributed by atoms with van der Waals surface area (Å²) in [5.41, 5.74) is 6.39. The van der Waals surface area contributed by atoms with Crippen LogP contribution in [0.25, 0.3) is 0 Å². The molecule has 18 nitrogen and oxygen atoms in total. The van der Waals surface area contributed by atoms with E-state index in [2.05, 4.69) is 16.0 Å². The van der Waals surface area contributed by atoms with Crippen LogP contribution in [0.1, 0.15) is 94.2 Å². The molecular weight excluding hydrogens is 1150 g/mol. The maximum absolute atomic E-state index is 12.5. The van der Waals surface area contributed by atoms with Crippen LogP contribution in [0.15, 0.2) is 164 Å². The van der Waals surface area contributed by atoms with Gasteiger partial charge in [0.05, 0.1) is 114 Å². The summed E-state index contributed by atoms with van der Waals surface area (Å²) in [5.74, 6) is 0.562. The zero-order valence-corrected chi connectivity index (χ0v) is 53.4. The van der Waals surface area contributed by atoms with Crippen molar-refractivity contribution in [2.75, 3.05) is 59.5 Å². The molecule has 0 spiro atoms. The Morgan fingerprint density at radius 1 is 0.322 bits per heavy atom. The number of amides is 3. The minimum Gasteiger partial charge on any atom is -0.508 e. The summed E-state index contributed by atoms with van der Waals surface area (Å²) in [5, 5.41) is 65.5. The third-order valence-corrected chi connectivity index (χ3v) is 13.7. The van der Waals surface area contributed by atoms with E-state index in [1.807, 2.05) is 148 Å². The third kappa shape index (κ3) is 36.4. The van der Waals surface area contributed by atoms with Crippen LogP contribution >= 0.6 is 0 Å². The van der Waals surface area contributed by atoms with Crippen molar-refractivity contribution >= 4 is 17.7 Å². The van der Waals surface area contributed by atoms with Crippen molar-refractivity contribution in [3.63, 3.8) is 0 Å². The van der Waals surface area contributed by atoms with E-state index in [9.17, 15) is 45.0 Å². The highest BCUT2D eigenvalue weighted by Gasteiger charge is 2.19. The van der Waals surface area contributed by atoms with Gasteiger partial charge >= 0.3 is 0 Å². The summed E-state index contributed by atoms with van der Waals surface area (Å²) >= 11 is 0. The molecule has 0 radical (unpaired) electrons. The second-order valence-corrected chi connectivity index (χ2v) is 23.0. The number of benzene rings is 6. The molecule has 0 fully saturated rings. The van der Waals surface area contributed by atoms with E-state index in [1.54, 1.807) is 57.2 Å². The predicted octanol–water partition coefficient (Wildman–Crippen LogP) is 8.56. The van der Waals surface area contributed by atoms with Gasteiger partial charge in [0, 0.05) is 19.3 Å². The second kappa shape index (κ2) is 44.3. The number of aliphatic hydroxyl groups is 3. The van der Waals surface area contributed by atoms with Gasteiger partial charge in [-0.25, -0.2) is 0 Å². The monoisotopic (exact) mass is 1250 g/mol. The molecule has 5 unspecified atom stereocenters. The number of aryl methyl sites for hydroxylation is 3. The minimum atomic E-state index is -0.515. The topological polar surface area (TPSA) is 264 Å². The van der Waals surface area contributed by atoms with E-state index in [4.69, 9.17) is 28.4 Å². The van der Waals surface area contributed by atoms with E-state index >= 15 is 0 Å². The normalized spacial score (nSPS) is 14.1. The lowest BCUT2D eigenvalue weighted by atomic mass is 10.1. The van der Waals surface area contributed by atoms with E-state index in [-0.39, 0.29) is 91.2 Å². The van der Waals surface area contributed by atoms with E-state index in [0.717, 1.165) is 33.4 Å². The van der Waals surface area contributed by atoms with Gasteiger partial charge in [-0.05, 0) is 150 Å². The summed E-state index contributed by atoms with van der Waals surface area (Å²) in [4.78, 5) is 37.5. The highest BCUT2D eigenvalue weighted by atomic mass is 16.5. The first kappa shape index (κ1) is 75.2. The third-order valence-electron chi connectivity index (χ3n) is 13.7. The van der Waals surface area contributed by atoms with E-state index < -0.39 is 18.3 Å². The molecule has 0 aromatic heterocycles. The molecule has 492 valence electrons. The van der Waals surface area contributed by atoms with Gasteiger partial charge in [0.2, 0.25) is 17.7 Å². The number of hydrogen-bond donors (Lipinski definition) is 9. The molecule has 3 amide bonds. The zero-order chi connectivity index (χ0) is 65.3. The molecule has 0 aliphatic heterocycles. The Morgan fingerprint density at radius 2 is 0.556 bits per heavy atom. The molecule has 90 heavy (non-hydrogen) atoms. The molecule has 9 N–H and O–H groups in total. The van der Waals surface area contributed by atoms with Crippen LogP contribution in [-0.2, 0) is 81.3 Å². The van der Waals surface area contributed by atoms with Crippen LogP contribution in [0.2, 0.25) is 0 Å². The molecule has 0 aliphatic rings. The van der Waals surface area contributed by atoms with Crippen LogP contribution in [0.4, 0.5) is 0 Å². The number of aliphatic hydroxyl groups excluding tert-OH is 3. The van der Waals surface area contributed by atoms with Crippen molar-refractivity contribution in [3.05, 3.63) is 197 Å². The van der Waals surface area contributed by atoms with Gasteiger partial charge < -0.3 is 75.0 Å². The number of phenolic OH excluding ortho intramolecular Hbond substituents is 3. The van der Waals surface area contributed by atoms with Crippen LogP contribution < -0.4 is 16.0 Å². The maximum atomic E-state index is 12.5. The van der Waals surface area contributed by atoms with Gasteiger partial charge in [0.15, 0.2) is 0 Å². The molecule has 0 saturated heterocycles. The Labute approximate surface area is 532 Å². The average Bonchev–Trinajstić information content (AvgIpc) is 3.74. The molecule has 0 heterocycles. The van der Waals surface area contributed by atoms with Crippen molar-refractivity contribution in [2.24, 2.45) is 0 Å². The van der Waals surface area contributed by atoms with Crippen LogP contribution in [0.5, 0.6) is 17.2 Å². The largest absolute Gasteiger partial charge is 0.508 e. The molecule has 0 saturated carbocycles. The van der Waals surface area contributed by atoms with Gasteiger partial charge in [-0.2, -0.15) is 0 Å². The summed E-state index contributed by atoms with van der Waals surface area (Å²) in [6.45, 7) is 13.6. The minimum absolute atomic E-state index is 0.0235. The van der Waals surface area contributed by atoms with Gasteiger partial charge in [-0.3, -0.25) is 14.4 Å². The number of ether oxygens (including phenoxy) is 6. The Bertz CT molecular complexity index is 2510. The SMILES string of the molecule is CC(O)COC(C)COCC(Cc1ccc(O)cc1)NC(=O)CCc1ccccc1.C[C@H](COCC(Cc1ccc(O)cc1)NC(=O)CCc1ccccc1)OC[C@@H](C)O.C[C@H](O)CO[C@@H](C)COCC(Cc1ccc(O)cc1)NC(=O)CCc1ccccc1. The Hall–Kier alpha value is -7.23. The summed E-state index contributed by atoms with van der Waals surface area (Å²) in [7, 11) is 0. The van der Waals surface area contributed by atoms with E-state index in [1.165, 1.54) is 0 Å². The van der Waals surface area contributed by atoms with Crippen molar-refractivity contribution in [1.82, 2.24) is 16.0 Å². The Balaban J connectivity index is 0.000000288. The van der Waals surface area contributed by atoms with Crippen LogP contribution in [-0.4, -0.2) is 163 Å². The molecule has 0 aliphatic carbocycles.